The summed E-state index contributed by atoms with van der Waals surface area (Å²) in [6.45, 7) is 0.0482. The van der Waals surface area contributed by atoms with Crippen LogP contribution >= 0.6 is 0 Å². The normalized spacial score (nSPS) is 11.6. The first-order valence-electron chi connectivity index (χ1n) is 9.42. The van der Waals surface area contributed by atoms with Crippen LogP contribution in [-0.4, -0.2) is 27.6 Å². The van der Waals surface area contributed by atoms with E-state index in [-0.39, 0.29) is 17.7 Å². The Morgan fingerprint density at radius 2 is 1.90 bits per heavy atom. The van der Waals surface area contributed by atoms with Gasteiger partial charge in [0.05, 0.1) is 17.5 Å². The Labute approximate surface area is 175 Å². The van der Waals surface area contributed by atoms with Crippen LogP contribution in [0.15, 0.2) is 67.0 Å². The molecule has 2 heterocycles. The number of anilines is 1. The quantitative estimate of drug-likeness (QED) is 0.498. The maximum atomic E-state index is 13.4. The molecule has 2 aromatic heterocycles. The highest BCUT2D eigenvalue weighted by atomic mass is 19.4. The molecule has 0 unspecified atom stereocenters. The maximum Gasteiger partial charge on any atom is 0.416 e. The van der Waals surface area contributed by atoms with E-state index in [0.29, 0.717) is 11.3 Å². The molecule has 4 aromatic rings. The predicted octanol–water partition coefficient (Wildman–Crippen LogP) is 4.39. The smallest absolute Gasteiger partial charge is 0.322 e. The SMILES string of the molecule is CNCc1ccc(C(=O)Nc2cccc(-c3ccnc4ccnn34)c2)cc1C(F)(F)F. The Balaban J connectivity index is 1.63. The van der Waals surface area contributed by atoms with Crippen LogP contribution in [0.4, 0.5) is 18.9 Å². The molecule has 0 saturated carbocycles. The van der Waals surface area contributed by atoms with Crippen molar-refractivity contribution in [2.45, 2.75) is 12.7 Å². The zero-order valence-corrected chi connectivity index (χ0v) is 16.4. The molecule has 2 N–H and O–H groups in total. The predicted molar refractivity (Wildman–Crippen MR) is 111 cm³/mol. The number of aromatic nitrogens is 3. The Morgan fingerprint density at radius 1 is 1.06 bits per heavy atom. The van der Waals surface area contributed by atoms with Gasteiger partial charge < -0.3 is 10.6 Å². The van der Waals surface area contributed by atoms with Crippen LogP contribution in [0.25, 0.3) is 16.9 Å². The lowest BCUT2D eigenvalue weighted by Crippen LogP contribution is -2.17. The third kappa shape index (κ3) is 4.26. The first-order valence-corrected chi connectivity index (χ1v) is 9.42. The number of amides is 1. The van der Waals surface area contributed by atoms with E-state index in [1.54, 1.807) is 54.3 Å². The third-order valence-corrected chi connectivity index (χ3v) is 4.75. The minimum atomic E-state index is -4.56. The Hall–Kier alpha value is -3.72. The second-order valence-electron chi connectivity index (χ2n) is 6.87. The zero-order chi connectivity index (χ0) is 22.0. The number of carbonyl (C=O) groups is 1. The molecular formula is C22H18F3N5O. The second kappa shape index (κ2) is 8.19. The van der Waals surface area contributed by atoms with Crippen LogP contribution in [0.5, 0.6) is 0 Å². The molecule has 0 radical (unpaired) electrons. The van der Waals surface area contributed by atoms with Gasteiger partial charge in [-0.15, -0.1) is 0 Å². The molecule has 0 atom stereocenters. The lowest BCUT2D eigenvalue weighted by Gasteiger charge is -2.14. The zero-order valence-electron chi connectivity index (χ0n) is 16.4. The van der Waals surface area contributed by atoms with Gasteiger partial charge in [0.2, 0.25) is 0 Å². The fourth-order valence-corrected chi connectivity index (χ4v) is 3.34. The van der Waals surface area contributed by atoms with Crippen LogP contribution < -0.4 is 10.6 Å². The van der Waals surface area contributed by atoms with Gasteiger partial charge in [-0.25, -0.2) is 9.50 Å². The van der Waals surface area contributed by atoms with Gasteiger partial charge in [-0.3, -0.25) is 4.79 Å². The molecule has 0 bridgehead atoms. The highest BCUT2D eigenvalue weighted by molar-refractivity contribution is 6.04. The van der Waals surface area contributed by atoms with Crippen molar-refractivity contribution < 1.29 is 18.0 Å². The van der Waals surface area contributed by atoms with Gasteiger partial charge in [-0.2, -0.15) is 18.3 Å². The fraction of sp³-hybridized carbons (Fsp3) is 0.136. The minimum absolute atomic E-state index is 0.0482. The van der Waals surface area contributed by atoms with E-state index in [0.717, 1.165) is 17.3 Å². The summed E-state index contributed by atoms with van der Waals surface area (Å²) in [5.41, 5.74) is 1.84. The Kier molecular flexibility index (Phi) is 5.43. The average Bonchev–Trinajstić information content (AvgIpc) is 3.22. The number of rotatable bonds is 5. The number of hydrogen-bond donors (Lipinski definition) is 2. The van der Waals surface area contributed by atoms with Gasteiger partial charge >= 0.3 is 6.18 Å². The fourth-order valence-electron chi connectivity index (χ4n) is 3.34. The van der Waals surface area contributed by atoms with E-state index in [9.17, 15) is 18.0 Å². The largest absolute Gasteiger partial charge is 0.416 e. The van der Waals surface area contributed by atoms with Crippen molar-refractivity contribution in [1.82, 2.24) is 19.9 Å². The van der Waals surface area contributed by atoms with Crippen LogP contribution in [0.2, 0.25) is 0 Å². The third-order valence-electron chi connectivity index (χ3n) is 4.75. The summed E-state index contributed by atoms with van der Waals surface area (Å²) < 4.78 is 41.9. The first kappa shape index (κ1) is 20.5. The van der Waals surface area contributed by atoms with Crippen molar-refractivity contribution in [3.8, 4) is 11.3 Å². The van der Waals surface area contributed by atoms with Gasteiger partial charge in [0, 0.05) is 35.6 Å². The summed E-state index contributed by atoms with van der Waals surface area (Å²) in [5.74, 6) is -0.627. The van der Waals surface area contributed by atoms with Gasteiger partial charge in [-0.1, -0.05) is 18.2 Å². The van der Waals surface area contributed by atoms with E-state index in [2.05, 4.69) is 20.7 Å². The molecule has 31 heavy (non-hydrogen) atoms. The van der Waals surface area contributed by atoms with E-state index in [4.69, 9.17) is 0 Å². The van der Waals surface area contributed by atoms with Gasteiger partial charge in [0.15, 0.2) is 5.65 Å². The number of nitrogens with zero attached hydrogens (tertiary/aromatic N) is 3. The highest BCUT2D eigenvalue weighted by Gasteiger charge is 2.33. The minimum Gasteiger partial charge on any atom is -0.322 e. The second-order valence-corrected chi connectivity index (χ2v) is 6.87. The van der Waals surface area contributed by atoms with E-state index in [1.165, 1.54) is 12.1 Å². The van der Waals surface area contributed by atoms with Crippen molar-refractivity contribution in [2.24, 2.45) is 0 Å². The standard InChI is InChI=1S/C22H18F3N5O/c1-26-13-16-6-5-15(12-18(16)22(23,24)25)21(31)29-17-4-2-3-14(11-17)19-7-9-27-20-8-10-28-30(19)20/h2-12,26H,13H2,1H3,(H,29,31). The van der Waals surface area contributed by atoms with Crippen LogP contribution in [0.3, 0.4) is 0 Å². The molecule has 0 fully saturated rings. The lowest BCUT2D eigenvalue weighted by atomic mass is 10.0. The summed E-state index contributed by atoms with van der Waals surface area (Å²) in [7, 11) is 1.56. The molecule has 1 amide bonds. The number of nitrogens with one attached hydrogen (secondary N) is 2. The summed E-state index contributed by atoms with van der Waals surface area (Å²) in [6, 6.07) is 14.1. The van der Waals surface area contributed by atoms with Crippen LogP contribution in [-0.2, 0) is 12.7 Å². The number of alkyl halides is 3. The van der Waals surface area contributed by atoms with Gasteiger partial charge in [0.1, 0.15) is 0 Å². The number of carbonyl (C=O) groups excluding carboxylic acids is 1. The lowest BCUT2D eigenvalue weighted by molar-refractivity contribution is -0.138. The van der Waals surface area contributed by atoms with Gasteiger partial charge in [0.25, 0.3) is 5.91 Å². The Morgan fingerprint density at radius 3 is 2.68 bits per heavy atom. The summed E-state index contributed by atoms with van der Waals surface area (Å²) in [4.78, 5) is 16.9. The topological polar surface area (TPSA) is 71.3 Å². The molecule has 0 aliphatic rings. The van der Waals surface area contributed by atoms with Crippen molar-refractivity contribution in [2.75, 3.05) is 12.4 Å². The molecule has 4 rings (SSSR count). The van der Waals surface area contributed by atoms with E-state index in [1.807, 2.05) is 6.07 Å². The monoisotopic (exact) mass is 425 g/mol. The maximum absolute atomic E-state index is 13.4. The highest BCUT2D eigenvalue weighted by Crippen LogP contribution is 2.33. The number of benzene rings is 2. The molecule has 0 aliphatic heterocycles. The first-order chi connectivity index (χ1) is 14.9. The molecular weight excluding hydrogens is 407 g/mol. The van der Waals surface area contributed by atoms with Crippen LogP contribution in [0, 0.1) is 0 Å². The number of halogens is 3. The number of fused-ring (bicyclic) bond motifs is 1. The summed E-state index contributed by atoms with van der Waals surface area (Å²) in [6.07, 6.45) is -1.27. The number of hydrogen-bond acceptors (Lipinski definition) is 4. The average molecular weight is 425 g/mol. The molecule has 6 nitrogen and oxygen atoms in total. The molecule has 0 aliphatic carbocycles. The van der Waals surface area contributed by atoms with Gasteiger partial charge in [-0.05, 0) is 42.9 Å². The van der Waals surface area contributed by atoms with Crippen LogP contribution in [0.1, 0.15) is 21.5 Å². The van der Waals surface area contributed by atoms with Crippen molar-refractivity contribution in [3.05, 3.63) is 83.7 Å². The summed E-state index contributed by atoms with van der Waals surface area (Å²) >= 11 is 0. The molecule has 158 valence electrons. The Bertz CT molecular complexity index is 1250. The van der Waals surface area contributed by atoms with Crippen molar-refractivity contribution >= 4 is 17.2 Å². The summed E-state index contributed by atoms with van der Waals surface area (Å²) in [5, 5.41) is 9.62. The van der Waals surface area contributed by atoms with E-state index >= 15 is 0 Å². The molecule has 0 saturated heterocycles. The van der Waals surface area contributed by atoms with Crippen molar-refractivity contribution in [3.63, 3.8) is 0 Å². The van der Waals surface area contributed by atoms with E-state index < -0.39 is 17.6 Å². The molecule has 9 heteroatoms. The van der Waals surface area contributed by atoms with Crippen molar-refractivity contribution in [1.29, 1.82) is 0 Å². The molecule has 2 aromatic carbocycles. The molecule has 0 spiro atoms.